The van der Waals surface area contributed by atoms with Gasteiger partial charge >= 0.3 is 0 Å². The molecule has 0 radical (unpaired) electrons. The van der Waals surface area contributed by atoms with E-state index in [1.54, 1.807) is 6.07 Å². The van der Waals surface area contributed by atoms with Crippen LogP contribution in [0.15, 0.2) is 72.3 Å². The minimum atomic E-state index is 0.220. The molecule has 0 amide bonds. The summed E-state index contributed by atoms with van der Waals surface area (Å²) in [6, 6.07) is 17.5. The van der Waals surface area contributed by atoms with Crippen LogP contribution < -0.4 is 0 Å². The van der Waals surface area contributed by atoms with Crippen molar-refractivity contribution in [2.24, 2.45) is 0 Å². The molecular formula is C23H21ClN2O. The molecule has 0 saturated heterocycles. The Hall–Kier alpha value is -2.62. The van der Waals surface area contributed by atoms with E-state index in [0.29, 0.717) is 5.52 Å². The molecule has 3 nitrogen and oxygen atoms in total. The number of aromatic hydroxyl groups is 1. The minimum Gasteiger partial charge on any atom is -0.506 e. The van der Waals surface area contributed by atoms with Gasteiger partial charge in [-0.1, -0.05) is 54.1 Å². The van der Waals surface area contributed by atoms with Crippen LogP contribution in [0.1, 0.15) is 17.7 Å². The Morgan fingerprint density at radius 1 is 1.04 bits per heavy atom. The zero-order valence-electron chi connectivity index (χ0n) is 15.0. The van der Waals surface area contributed by atoms with E-state index in [-0.39, 0.29) is 5.75 Å². The van der Waals surface area contributed by atoms with Crippen LogP contribution in [0.2, 0.25) is 5.02 Å². The molecule has 136 valence electrons. The van der Waals surface area contributed by atoms with Gasteiger partial charge in [0.25, 0.3) is 0 Å². The maximum atomic E-state index is 9.97. The van der Waals surface area contributed by atoms with E-state index in [4.69, 9.17) is 11.6 Å². The second kappa shape index (κ2) is 7.95. The van der Waals surface area contributed by atoms with Gasteiger partial charge in [0.1, 0.15) is 11.3 Å². The normalized spacial score (nSPS) is 15.4. The number of phenolic OH excluding ortho intramolecular Hbond substituents is 1. The fraction of sp³-hybridized carbons (Fsp3) is 0.174. The molecule has 1 N–H and O–H groups in total. The van der Waals surface area contributed by atoms with Crippen LogP contribution >= 0.6 is 11.6 Å². The molecule has 0 spiro atoms. The predicted octanol–water partition coefficient (Wildman–Crippen LogP) is 5.44. The molecule has 0 atom stereocenters. The summed E-state index contributed by atoms with van der Waals surface area (Å²) in [5, 5.41) is 11.7. The van der Waals surface area contributed by atoms with Crippen molar-refractivity contribution in [1.82, 2.24) is 9.88 Å². The first-order chi connectivity index (χ1) is 13.2. The lowest BCUT2D eigenvalue weighted by Crippen LogP contribution is -2.27. The maximum absolute atomic E-state index is 9.97. The number of benzene rings is 2. The zero-order chi connectivity index (χ0) is 18.6. The molecule has 0 fully saturated rings. The van der Waals surface area contributed by atoms with E-state index in [1.165, 1.54) is 11.1 Å². The number of hydrogen-bond donors (Lipinski definition) is 1. The van der Waals surface area contributed by atoms with Crippen LogP contribution in [0.5, 0.6) is 5.75 Å². The average Bonchev–Trinajstić information content (AvgIpc) is 2.70. The van der Waals surface area contributed by atoms with E-state index in [9.17, 15) is 5.11 Å². The fourth-order valence-electron chi connectivity index (χ4n) is 3.30. The van der Waals surface area contributed by atoms with Crippen LogP contribution in [0.4, 0.5) is 0 Å². The minimum absolute atomic E-state index is 0.220. The van der Waals surface area contributed by atoms with Crippen molar-refractivity contribution in [3.05, 3.63) is 88.6 Å². The standard InChI is InChI=1S/C23H21ClN2O/c24-20-8-4-18(5-9-20)16-26-14-12-17(13-15-26)6-10-21-11-7-19-2-1-3-22(27)23(19)25-21/h1-12,27H,13-16H2. The van der Waals surface area contributed by atoms with Crippen LogP contribution in [0, 0.1) is 0 Å². The largest absolute Gasteiger partial charge is 0.506 e. The number of aromatic nitrogens is 1. The Labute approximate surface area is 164 Å². The van der Waals surface area contributed by atoms with Gasteiger partial charge in [0.15, 0.2) is 0 Å². The molecule has 4 rings (SSSR count). The highest BCUT2D eigenvalue weighted by Crippen LogP contribution is 2.23. The first kappa shape index (κ1) is 17.8. The Kier molecular flexibility index (Phi) is 5.23. The van der Waals surface area contributed by atoms with Crippen molar-refractivity contribution >= 4 is 28.6 Å². The van der Waals surface area contributed by atoms with E-state index in [2.05, 4.69) is 34.2 Å². The van der Waals surface area contributed by atoms with Crippen molar-refractivity contribution in [3.63, 3.8) is 0 Å². The third-order valence-electron chi connectivity index (χ3n) is 4.84. The molecule has 0 saturated carbocycles. The Balaban J connectivity index is 1.41. The summed E-state index contributed by atoms with van der Waals surface area (Å²) in [6.45, 7) is 2.91. The van der Waals surface area contributed by atoms with E-state index in [1.807, 2.05) is 42.5 Å². The molecule has 1 aromatic heterocycles. The van der Waals surface area contributed by atoms with Gasteiger partial charge < -0.3 is 5.11 Å². The SMILES string of the molecule is Oc1cccc2ccc(C=CC3=CCN(Cc4ccc(Cl)cc4)CC3)nc12. The smallest absolute Gasteiger partial charge is 0.141 e. The molecule has 27 heavy (non-hydrogen) atoms. The number of rotatable bonds is 4. The summed E-state index contributed by atoms with van der Waals surface area (Å²) in [5.41, 5.74) is 4.11. The Morgan fingerprint density at radius 3 is 2.67 bits per heavy atom. The van der Waals surface area contributed by atoms with Gasteiger partial charge in [0, 0.05) is 30.0 Å². The quantitative estimate of drug-likeness (QED) is 0.658. The zero-order valence-corrected chi connectivity index (χ0v) is 15.7. The number of halogens is 1. The molecule has 1 aliphatic rings. The molecule has 2 heterocycles. The number of pyridine rings is 1. The van der Waals surface area contributed by atoms with Crippen molar-refractivity contribution < 1.29 is 5.11 Å². The van der Waals surface area contributed by atoms with Gasteiger partial charge in [-0.25, -0.2) is 4.98 Å². The van der Waals surface area contributed by atoms with E-state index >= 15 is 0 Å². The van der Waals surface area contributed by atoms with Gasteiger partial charge in [-0.05, 0) is 47.9 Å². The molecule has 2 aromatic carbocycles. The summed E-state index contributed by atoms with van der Waals surface area (Å²) in [7, 11) is 0. The van der Waals surface area contributed by atoms with Crippen LogP contribution in [-0.2, 0) is 6.54 Å². The number of para-hydroxylation sites is 1. The molecular weight excluding hydrogens is 356 g/mol. The van der Waals surface area contributed by atoms with Crippen LogP contribution in [0.25, 0.3) is 17.0 Å². The van der Waals surface area contributed by atoms with Crippen molar-refractivity contribution in [2.45, 2.75) is 13.0 Å². The second-order valence-electron chi connectivity index (χ2n) is 6.81. The third-order valence-corrected chi connectivity index (χ3v) is 5.09. The van der Waals surface area contributed by atoms with Crippen LogP contribution in [-0.4, -0.2) is 28.1 Å². The fourth-order valence-corrected chi connectivity index (χ4v) is 3.43. The predicted molar refractivity (Wildman–Crippen MR) is 112 cm³/mol. The summed E-state index contributed by atoms with van der Waals surface area (Å²) in [4.78, 5) is 6.98. The van der Waals surface area contributed by atoms with Crippen molar-refractivity contribution in [1.29, 1.82) is 0 Å². The Bertz CT molecular complexity index is 1010. The van der Waals surface area contributed by atoms with Gasteiger partial charge in [-0.2, -0.15) is 0 Å². The average molecular weight is 377 g/mol. The number of fused-ring (bicyclic) bond motifs is 1. The summed E-state index contributed by atoms with van der Waals surface area (Å²) < 4.78 is 0. The Morgan fingerprint density at radius 2 is 1.89 bits per heavy atom. The highest BCUT2D eigenvalue weighted by atomic mass is 35.5. The number of phenols is 1. The molecule has 1 aliphatic heterocycles. The first-order valence-electron chi connectivity index (χ1n) is 9.10. The van der Waals surface area contributed by atoms with E-state index < -0.39 is 0 Å². The molecule has 0 aliphatic carbocycles. The topological polar surface area (TPSA) is 36.4 Å². The van der Waals surface area contributed by atoms with Gasteiger partial charge in [0.05, 0.1) is 5.69 Å². The summed E-state index contributed by atoms with van der Waals surface area (Å²) >= 11 is 5.95. The number of nitrogens with zero attached hydrogens (tertiary/aromatic N) is 2. The molecule has 3 aromatic rings. The second-order valence-corrected chi connectivity index (χ2v) is 7.25. The lowest BCUT2D eigenvalue weighted by molar-refractivity contribution is 0.287. The van der Waals surface area contributed by atoms with Crippen LogP contribution in [0.3, 0.4) is 0 Å². The summed E-state index contributed by atoms with van der Waals surface area (Å²) in [6.07, 6.45) is 7.44. The number of allylic oxidation sites excluding steroid dienone is 1. The van der Waals surface area contributed by atoms with Gasteiger partial charge in [-0.15, -0.1) is 0 Å². The molecule has 4 heteroatoms. The van der Waals surface area contributed by atoms with Gasteiger partial charge in [-0.3, -0.25) is 4.90 Å². The van der Waals surface area contributed by atoms with Crippen molar-refractivity contribution in [3.8, 4) is 5.75 Å². The first-order valence-corrected chi connectivity index (χ1v) is 9.48. The lowest BCUT2D eigenvalue weighted by atomic mass is 10.1. The number of hydrogen-bond acceptors (Lipinski definition) is 3. The molecule has 0 unspecified atom stereocenters. The highest BCUT2D eigenvalue weighted by molar-refractivity contribution is 6.30. The summed E-state index contributed by atoms with van der Waals surface area (Å²) in [5.74, 6) is 0.220. The monoisotopic (exact) mass is 376 g/mol. The lowest BCUT2D eigenvalue weighted by Gasteiger charge is -2.25. The maximum Gasteiger partial charge on any atom is 0.141 e. The third kappa shape index (κ3) is 4.38. The molecule has 0 bridgehead atoms. The van der Waals surface area contributed by atoms with Crippen molar-refractivity contribution in [2.75, 3.05) is 13.1 Å². The highest BCUT2D eigenvalue weighted by Gasteiger charge is 2.10. The van der Waals surface area contributed by atoms with E-state index in [0.717, 1.165) is 42.2 Å². The van der Waals surface area contributed by atoms with Gasteiger partial charge in [0.2, 0.25) is 0 Å².